The summed E-state index contributed by atoms with van der Waals surface area (Å²) in [6.45, 7) is 0.529. The molecule has 1 aromatic rings. The molecule has 1 atom stereocenters. The SMILES string of the molecule is COC[C@@H](N)c1ccc(Cl)cc1. The number of nitrogens with two attached hydrogens (primary N) is 1. The number of rotatable bonds is 3. The minimum atomic E-state index is -0.0627. The number of methoxy groups -OCH3 is 1. The third-order valence-corrected chi connectivity index (χ3v) is 1.90. The van der Waals surface area contributed by atoms with E-state index in [2.05, 4.69) is 0 Å². The summed E-state index contributed by atoms with van der Waals surface area (Å²) < 4.78 is 4.93. The van der Waals surface area contributed by atoms with Crippen LogP contribution in [-0.2, 0) is 4.74 Å². The molecule has 0 radical (unpaired) electrons. The number of hydrogen-bond acceptors (Lipinski definition) is 2. The van der Waals surface area contributed by atoms with Crippen molar-refractivity contribution in [3.05, 3.63) is 34.9 Å². The molecule has 1 aromatic carbocycles. The molecule has 2 nitrogen and oxygen atoms in total. The average Bonchev–Trinajstić information content (AvgIpc) is 2.06. The van der Waals surface area contributed by atoms with Gasteiger partial charge in [0, 0.05) is 12.1 Å². The van der Waals surface area contributed by atoms with Gasteiger partial charge in [-0.2, -0.15) is 0 Å². The Bertz CT molecular complexity index is 235. The van der Waals surface area contributed by atoms with Crippen LogP contribution in [0.4, 0.5) is 0 Å². The lowest BCUT2D eigenvalue weighted by Gasteiger charge is -2.09. The second kappa shape index (κ2) is 4.45. The van der Waals surface area contributed by atoms with Crippen molar-refractivity contribution in [2.24, 2.45) is 5.73 Å². The first kappa shape index (κ1) is 9.52. The van der Waals surface area contributed by atoms with Gasteiger partial charge in [-0.05, 0) is 17.7 Å². The fraction of sp³-hybridized carbons (Fsp3) is 0.333. The lowest BCUT2D eigenvalue weighted by Crippen LogP contribution is -2.15. The lowest BCUT2D eigenvalue weighted by molar-refractivity contribution is 0.181. The summed E-state index contributed by atoms with van der Waals surface area (Å²) in [6, 6.07) is 7.41. The van der Waals surface area contributed by atoms with Crippen LogP contribution in [0.1, 0.15) is 11.6 Å². The molecule has 0 saturated carbocycles. The van der Waals surface area contributed by atoms with E-state index in [1.54, 1.807) is 7.11 Å². The summed E-state index contributed by atoms with van der Waals surface area (Å²) in [6.07, 6.45) is 0. The van der Waals surface area contributed by atoms with Crippen LogP contribution >= 0.6 is 11.6 Å². The van der Waals surface area contributed by atoms with Crippen LogP contribution in [0.2, 0.25) is 5.02 Å². The van der Waals surface area contributed by atoms with Gasteiger partial charge < -0.3 is 10.5 Å². The Labute approximate surface area is 77.3 Å². The zero-order valence-electron chi connectivity index (χ0n) is 6.96. The molecule has 3 heteroatoms. The van der Waals surface area contributed by atoms with Gasteiger partial charge >= 0.3 is 0 Å². The van der Waals surface area contributed by atoms with Crippen molar-refractivity contribution in [3.8, 4) is 0 Å². The van der Waals surface area contributed by atoms with E-state index in [0.29, 0.717) is 6.61 Å². The second-order valence-electron chi connectivity index (χ2n) is 2.61. The van der Waals surface area contributed by atoms with E-state index in [4.69, 9.17) is 22.1 Å². The normalized spacial score (nSPS) is 12.9. The second-order valence-corrected chi connectivity index (χ2v) is 3.05. The van der Waals surface area contributed by atoms with E-state index in [0.717, 1.165) is 10.6 Å². The number of halogens is 1. The first-order valence-corrected chi connectivity index (χ1v) is 4.12. The highest BCUT2D eigenvalue weighted by atomic mass is 35.5. The van der Waals surface area contributed by atoms with Gasteiger partial charge in [0.15, 0.2) is 0 Å². The Morgan fingerprint density at radius 3 is 2.50 bits per heavy atom. The summed E-state index contributed by atoms with van der Waals surface area (Å²) in [5.74, 6) is 0. The maximum atomic E-state index is 5.79. The van der Waals surface area contributed by atoms with Crippen LogP contribution in [-0.4, -0.2) is 13.7 Å². The van der Waals surface area contributed by atoms with E-state index in [-0.39, 0.29) is 6.04 Å². The van der Waals surface area contributed by atoms with Crippen LogP contribution in [0.25, 0.3) is 0 Å². The van der Waals surface area contributed by atoms with E-state index in [9.17, 15) is 0 Å². The van der Waals surface area contributed by atoms with Gasteiger partial charge in [0.05, 0.1) is 12.6 Å². The number of ether oxygens (including phenoxy) is 1. The van der Waals surface area contributed by atoms with Crippen molar-refractivity contribution >= 4 is 11.6 Å². The van der Waals surface area contributed by atoms with Gasteiger partial charge in [-0.3, -0.25) is 0 Å². The highest BCUT2D eigenvalue weighted by Crippen LogP contribution is 2.14. The van der Waals surface area contributed by atoms with E-state index in [1.165, 1.54) is 0 Å². The quantitative estimate of drug-likeness (QED) is 0.782. The number of benzene rings is 1. The Kier molecular flexibility index (Phi) is 3.53. The monoisotopic (exact) mass is 185 g/mol. The zero-order chi connectivity index (χ0) is 8.97. The maximum Gasteiger partial charge on any atom is 0.0655 e. The van der Waals surface area contributed by atoms with Crippen molar-refractivity contribution in [2.45, 2.75) is 6.04 Å². The van der Waals surface area contributed by atoms with Crippen LogP contribution in [0, 0.1) is 0 Å². The average molecular weight is 186 g/mol. The van der Waals surface area contributed by atoms with Crippen LogP contribution in [0.5, 0.6) is 0 Å². The maximum absolute atomic E-state index is 5.79. The largest absolute Gasteiger partial charge is 0.383 e. The molecule has 0 aromatic heterocycles. The predicted molar refractivity (Wildman–Crippen MR) is 50.3 cm³/mol. The fourth-order valence-electron chi connectivity index (χ4n) is 0.986. The minimum Gasteiger partial charge on any atom is -0.383 e. The molecule has 66 valence electrons. The Balaban J connectivity index is 2.68. The third-order valence-electron chi connectivity index (χ3n) is 1.64. The fourth-order valence-corrected chi connectivity index (χ4v) is 1.11. The van der Waals surface area contributed by atoms with Crippen molar-refractivity contribution in [1.29, 1.82) is 0 Å². The third kappa shape index (κ3) is 2.48. The van der Waals surface area contributed by atoms with Gasteiger partial charge in [-0.1, -0.05) is 23.7 Å². The van der Waals surface area contributed by atoms with Crippen molar-refractivity contribution in [1.82, 2.24) is 0 Å². The molecule has 0 spiro atoms. The van der Waals surface area contributed by atoms with Gasteiger partial charge in [-0.25, -0.2) is 0 Å². The molecule has 0 aliphatic heterocycles. The van der Waals surface area contributed by atoms with Crippen molar-refractivity contribution < 1.29 is 4.74 Å². The molecule has 0 unspecified atom stereocenters. The van der Waals surface area contributed by atoms with Crippen molar-refractivity contribution in [2.75, 3.05) is 13.7 Å². The molecule has 0 amide bonds. The Morgan fingerprint density at radius 1 is 1.42 bits per heavy atom. The predicted octanol–water partition coefficient (Wildman–Crippen LogP) is 1.99. The van der Waals surface area contributed by atoms with Gasteiger partial charge in [0.25, 0.3) is 0 Å². The molecule has 0 aliphatic carbocycles. The van der Waals surface area contributed by atoms with E-state index in [1.807, 2.05) is 24.3 Å². The summed E-state index contributed by atoms with van der Waals surface area (Å²) in [5.41, 5.74) is 6.83. The standard InChI is InChI=1S/C9H12ClNO/c1-12-6-9(11)7-2-4-8(10)5-3-7/h2-5,9H,6,11H2,1H3/t9-/m1/s1. The minimum absolute atomic E-state index is 0.0627. The Hall–Kier alpha value is -0.570. The molecule has 2 N–H and O–H groups in total. The summed E-state index contributed by atoms with van der Waals surface area (Å²) in [5, 5.41) is 0.725. The van der Waals surface area contributed by atoms with Gasteiger partial charge in [-0.15, -0.1) is 0 Å². The Morgan fingerprint density at radius 2 is 2.00 bits per heavy atom. The van der Waals surface area contributed by atoms with Crippen molar-refractivity contribution in [3.63, 3.8) is 0 Å². The van der Waals surface area contributed by atoms with Crippen LogP contribution in [0.3, 0.4) is 0 Å². The smallest absolute Gasteiger partial charge is 0.0655 e. The highest BCUT2D eigenvalue weighted by molar-refractivity contribution is 6.30. The van der Waals surface area contributed by atoms with E-state index >= 15 is 0 Å². The molecule has 0 saturated heterocycles. The summed E-state index contributed by atoms with van der Waals surface area (Å²) in [4.78, 5) is 0. The topological polar surface area (TPSA) is 35.2 Å². The van der Waals surface area contributed by atoms with Crippen LogP contribution in [0.15, 0.2) is 24.3 Å². The molecule has 12 heavy (non-hydrogen) atoms. The van der Waals surface area contributed by atoms with Gasteiger partial charge in [0.1, 0.15) is 0 Å². The number of hydrogen-bond donors (Lipinski definition) is 1. The van der Waals surface area contributed by atoms with Gasteiger partial charge in [0.2, 0.25) is 0 Å². The molecular formula is C9H12ClNO. The molecular weight excluding hydrogens is 174 g/mol. The molecule has 1 rings (SSSR count). The lowest BCUT2D eigenvalue weighted by atomic mass is 10.1. The molecule has 0 aliphatic rings. The molecule has 0 bridgehead atoms. The summed E-state index contributed by atoms with van der Waals surface area (Å²) >= 11 is 5.72. The van der Waals surface area contributed by atoms with E-state index < -0.39 is 0 Å². The zero-order valence-corrected chi connectivity index (χ0v) is 7.71. The first-order valence-electron chi connectivity index (χ1n) is 3.74. The molecule has 0 fully saturated rings. The first-order chi connectivity index (χ1) is 5.74. The highest BCUT2D eigenvalue weighted by Gasteiger charge is 2.03. The summed E-state index contributed by atoms with van der Waals surface area (Å²) in [7, 11) is 1.63. The van der Waals surface area contributed by atoms with Crippen LogP contribution < -0.4 is 5.73 Å². The molecule has 0 heterocycles.